The lowest BCUT2D eigenvalue weighted by molar-refractivity contribution is 0.533. The summed E-state index contributed by atoms with van der Waals surface area (Å²) in [5.41, 5.74) is 3.06. The van der Waals surface area contributed by atoms with Crippen LogP contribution in [0.25, 0.3) is 11.0 Å². The van der Waals surface area contributed by atoms with Crippen molar-refractivity contribution in [2.45, 2.75) is 59.4 Å². The van der Waals surface area contributed by atoms with Crippen LogP contribution in [0.1, 0.15) is 70.8 Å². The molecule has 0 aliphatic carbocycles. The summed E-state index contributed by atoms with van der Waals surface area (Å²) in [7, 11) is 0. The number of hydrogen-bond donors (Lipinski definition) is 0. The van der Waals surface area contributed by atoms with Crippen molar-refractivity contribution in [2.24, 2.45) is 0 Å². The molecule has 0 amide bonds. The maximum Gasteiger partial charge on any atom is 0.180 e. The third-order valence-corrected chi connectivity index (χ3v) is 3.13. The zero-order valence-electron chi connectivity index (χ0n) is 12.1. The molecule has 4 nitrogen and oxygen atoms in total. The Kier molecular flexibility index (Phi) is 3.37. The highest BCUT2D eigenvalue weighted by Gasteiger charge is 2.17. The van der Waals surface area contributed by atoms with Crippen LogP contribution >= 0.6 is 0 Å². The van der Waals surface area contributed by atoms with Gasteiger partial charge in [-0.05, 0) is 31.7 Å². The smallest absolute Gasteiger partial charge is 0.180 e. The predicted molar refractivity (Wildman–Crippen MR) is 73.9 cm³/mol. The van der Waals surface area contributed by atoms with Gasteiger partial charge in [0.15, 0.2) is 5.65 Å². The van der Waals surface area contributed by atoms with Crippen molar-refractivity contribution in [1.29, 1.82) is 0 Å². The van der Waals surface area contributed by atoms with E-state index in [9.17, 15) is 0 Å². The van der Waals surface area contributed by atoms with E-state index in [2.05, 4.69) is 57.8 Å². The summed E-state index contributed by atoms with van der Waals surface area (Å²) in [5, 5.41) is 14.5. The average molecular weight is 246 g/mol. The van der Waals surface area contributed by atoms with Crippen molar-refractivity contribution in [3.05, 3.63) is 17.5 Å². The third kappa shape index (κ3) is 2.11. The third-order valence-electron chi connectivity index (χ3n) is 3.13. The van der Waals surface area contributed by atoms with Crippen LogP contribution in [0.5, 0.6) is 0 Å². The number of rotatable bonds is 3. The Labute approximate surface area is 108 Å². The first-order valence-electron chi connectivity index (χ1n) is 6.67. The SMILES string of the molecule is CC(C)c1cc2c(C(C)C)nn(C(C)C)c2nn1. The first kappa shape index (κ1) is 13.0. The second kappa shape index (κ2) is 4.67. The van der Waals surface area contributed by atoms with Gasteiger partial charge in [-0.15, -0.1) is 5.10 Å². The molecule has 0 bridgehead atoms. The number of aromatic nitrogens is 4. The first-order chi connectivity index (χ1) is 8.41. The molecule has 0 spiro atoms. The van der Waals surface area contributed by atoms with Crippen molar-refractivity contribution >= 4 is 11.0 Å². The molecular weight excluding hydrogens is 224 g/mol. The molecule has 2 rings (SSSR count). The largest absolute Gasteiger partial charge is 0.243 e. The van der Waals surface area contributed by atoms with Crippen LogP contribution in [0.2, 0.25) is 0 Å². The summed E-state index contributed by atoms with van der Waals surface area (Å²) in [5.74, 6) is 0.793. The standard InChI is InChI=1S/C14H22N4/c1-8(2)12-7-11-13(9(3)4)17-18(10(5)6)14(11)16-15-12/h7-10H,1-6H3. The summed E-state index contributed by atoms with van der Waals surface area (Å²) >= 11 is 0. The normalized spacial score (nSPS) is 12.3. The second-order valence-electron chi connectivity index (χ2n) is 5.74. The lowest BCUT2D eigenvalue weighted by Gasteiger charge is -2.06. The summed E-state index contributed by atoms with van der Waals surface area (Å²) < 4.78 is 1.97. The minimum Gasteiger partial charge on any atom is -0.243 e. The van der Waals surface area contributed by atoms with E-state index in [1.54, 1.807) is 0 Å². The Balaban J connectivity index is 2.71. The van der Waals surface area contributed by atoms with Gasteiger partial charge in [0.2, 0.25) is 0 Å². The Bertz CT molecular complexity index is 552. The fraction of sp³-hybridized carbons (Fsp3) is 0.643. The second-order valence-corrected chi connectivity index (χ2v) is 5.74. The first-order valence-corrected chi connectivity index (χ1v) is 6.67. The van der Waals surface area contributed by atoms with Crippen LogP contribution < -0.4 is 0 Å². The molecular formula is C14H22N4. The minimum atomic E-state index is 0.305. The molecule has 18 heavy (non-hydrogen) atoms. The molecule has 0 unspecified atom stereocenters. The number of fused-ring (bicyclic) bond motifs is 1. The van der Waals surface area contributed by atoms with Gasteiger partial charge in [-0.25, -0.2) is 4.68 Å². The quantitative estimate of drug-likeness (QED) is 0.830. The van der Waals surface area contributed by atoms with Crippen LogP contribution in [0.15, 0.2) is 6.07 Å². The van der Waals surface area contributed by atoms with Gasteiger partial charge in [0.25, 0.3) is 0 Å². The van der Waals surface area contributed by atoms with E-state index in [0.29, 0.717) is 17.9 Å². The minimum absolute atomic E-state index is 0.305. The molecule has 0 aromatic carbocycles. The molecule has 0 fully saturated rings. The molecule has 98 valence electrons. The Morgan fingerprint density at radius 2 is 1.61 bits per heavy atom. The molecule has 0 radical (unpaired) electrons. The van der Waals surface area contributed by atoms with E-state index in [1.807, 2.05) is 4.68 Å². The van der Waals surface area contributed by atoms with Crippen molar-refractivity contribution < 1.29 is 0 Å². The van der Waals surface area contributed by atoms with E-state index in [-0.39, 0.29) is 0 Å². The molecule has 0 N–H and O–H groups in total. The zero-order valence-corrected chi connectivity index (χ0v) is 12.1. The van der Waals surface area contributed by atoms with E-state index in [4.69, 9.17) is 5.10 Å². The molecule has 2 heterocycles. The maximum absolute atomic E-state index is 4.70. The summed E-state index contributed by atoms with van der Waals surface area (Å²) in [4.78, 5) is 0. The van der Waals surface area contributed by atoms with Gasteiger partial charge in [0.1, 0.15) is 0 Å². The van der Waals surface area contributed by atoms with E-state index >= 15 is 0 Å². The van der Waals surface area contributed by atoms with Crippen LogP contribution in [-0.4, -0.2) is 20.0 Å². The molecule has 0 aliphatic heterocycles. The predicted octanol–water partition coefficient (Wildman–Crippen LogP) is 3.65. The summed E-state index contributed by atoms with van der Waals surface area (Å²) in [6, 6.07) is 2.45. The van der Waals surface area contributed by atoms with E-state index < -0.39 is 0 Å². The van der Waals surface area contributed by atoms with Gasteiger partial charge in [0.05, 0.1) is 11.4 Å². The van der Waals surface area contributed by atoms with E-state index in [0.717, 1.165) is 22.4 Å². The van der Waals surface area contributed by atoms with E-state index in [1.165, 1.54) is 0 Å². The molecule has 4 heteroatoms. The Morgan fingerprint density at radius 3 is 2.11 bits per heavy atom. The maximum atomic E-state index is 4.70. The van der Waals surface area contributed by atoms with Crippen LogP contribution in [0, 0.1) is 0 Å². The molecule has 0 atom stereocenters. The monoisotopic (exact) mass is 246 g/mol. The molecule has 0 saturated heterocycles. The fourth-order valence-electron chi connectivity index (χ4n) is 2.04. The molecule has 0 saturated carbocycles. The highest BCUT2D eigenvalue weighted by atomic mass is 15.3. The molecule has 0 aliphatic rings. The Hall–Kier alpha value is -1.45. The van der Waals surface area contributed by atoms with Gasteiger partial charge in [-0.3, -0.25) is 0 Å². The van der Waals surface area contributed by atoms with Gasteiger partial charge >= 0.3 is 0 Å². The fourth-order valence-corrected chi connectivity index (χ4v) is 2.04. The summed E-state index contributed by atoms with van der Waals surface area (Å²) in [6.07, 6.45) is 0. The van der Waals surface area contributed by atoms with Gasteiger partial charge in [-0.2, -0.15) is 10.2 Å². The summed E-state index contributed by atoms with van der Waals surface area (Å²) in [6.45, 7) is 12.8. The van der Waals surface area contributed by atoms with Gasteiger partial charge in [0, 0.05) is 11.4 Å². The van der Waals surface area contributed by atoms with Crippen molar-refractivity contribution in [2.75, 3.05) is 0 Å². The highest BCUT2D eigenvalue weighted by molar-refractivity contribution is 5.79. The zero-order chi connectivity index (χ0) is 13.4. The molecule has 2 aromatic rings. The number of nitrogens with zero attached hydrogens (tertiary/aromatic N) is 4. The van der Waals surface area contributed by atoms with Crippen LogP contribution in [0.4, 0.5) is 0 Å². The topological polar surface area (TPSA) is 43.6 Å². The Morgan fingerprint density at radius 1 is 0.944 bits per heavy atom. The van der Waals surface area contributed by atoms with Crippen molar-refractivity contribution in [3.8, 4) is 0 Å². The van der Waals surface area contributed by atoms with Crippen molar-refractivity contribution in [1.82, 2.24) is 20.0 Å². The lowest BCUT2D eigenvalue weighted by Crippen LogP contribution is -2.05. The van der Waals surface area contributed by atoms with Crippen molar-refractivity contribution in [3.63, 3.8) is 0 Å². The van der Waals surface area contributed by atoms with Crippen LogP contribution in [0.3, 0.4) is 0 Å². The van der Waals surface area contributed by atoms with Gasteiger partial charge < -0.3 is 0 Å². The highest BCUT2D eigenvalue weighted by Crippen LogP contribution is 2.27. The molecule has 2 aromatic heterocycles. The van der Waals surface area contributed by atoms with Crippen LogP contribution in [-0.2, 0) is 0 Å². The lowest BCUT2D eigenvalue weighted by atomic mass is 10.0. The van der Waals surface area contributed by atoms with Gasteiger partial charge in [-0.1, -0.05) is 27.7 Å². The average Bonchev–Trinajstić information content (AvgIpc) is 2.67. The number of hydrogen-bond acceptors (Lipinski definition) is 3.